The van der Waals surface area contributed by atoms with Crippen molar-refractivity contribution in [1.82, 2.24) is 9.55 Å². The molecule has 0 aliphatic carbocycles. The Kier molecular flexibility index (Phi) is 2.51. The summed E-state index contributed by atoms with van der Waals surface area (Å²) in [5.41, 5.74) is 1.07. The molecule has 1 heterocycles. The molecule has 0 atom stereocenters. The zero-order valence-corrected chi connectivity index (χ0v) is 6.54. The van der Waals surface area contributed by atoms with E-state index in [1.165, 1.54) is 0 Å². The molecule has 1 rings (SSSR count). The number of aromatic nitrogens is 2. The lowest BCUT2D eigenvalue weighted by Crippen LogP contribution is -1.86. The zero-order chi connectivity index (χ0) is 7.40. The third-order valence-corrected chi connectivity index (χ3v) is 1.41. The highest BCUT2D eigenvalue weighted by atomic mass is 35.5. The van der Waals surface area contributed by atoms with Gasteiger partial charge in [0.1, 0.15) is 0 Å². The Morgan fingerprint density at radius 1 is 1.80 bits per heavy atom. The smallest absolute Gasteiger partial charge is 0.0948 e. The summed E-state index contributed by atoms with van der Waals surface area (Å²) < 4.78 is 1.93. The van der Waals surface area contributed by atoms with Crippen molar-refractivity contribution >= 4 is 17.7 Å². The number of nitrogens with zero attached hydrogens (tertiary/aromatic N) is 2. The molecule has 0 unspecified atom stereocenters. The van der Waals surface area contributed by atoms with Gasteiger partial charge in [0.15, 0.2) is 0 Å². The van der Waals surface area contributed by atoms with Crippen LogP contribution in [0.2, 0.25) is 0 Å². The van der Waals surface area contributed by atoms with Crippen LogP contribution in [0.15, 0.2) is 18.6 Å². The minimum atomic E-state index is 0.547. The molecule has 1 aromatic rings. The fraction of sp³-hybridized carbons (Fsp3) is 0.286. The second-order valence-electron chi connectivity index (χ2n) is 1.99. The summed E-state index contributed by atoms with van der Waals surface area (Å²) in [7, 11) is 1.95. The monoisotopic (exact) mass is 156 g/mol. The molecule has 0 amide bonds. The second kappa shape index (κ2) is 3.42. The average molecular weight is 157 g/mol. The van der Waals surface area contributed by atoms with Crippen molar-refractivity contribution in [3.05, 3.63) is 24.3 Å². The Balaban J connectivity index is 2.74. The van der Waals surface area contributed by atoms with Crippen LogP contribution < -0.4 is 0 Å². The quantitative estimate of drug-likeness (QED) is 0.596. The molecule has 0 aliphatic rings. The second-order valence-corrected chi connectivity index (χ2v) is 2.29. The topological polar surface area (TPSA) is 17.8 Å². The van der Waals surface area contributed by atoms with Crippen LogP contribution in [0, 0.1) is 0 Å². The molecule has 0 bridgehead atoms. The Bertz CT molecular complexity index is 227. The highest BCUT2D eigenvalue weighted by molar-refractivity contribution is 6.19. The lowest BCUT2D eigenvalue weighted by Gasteiger charge is -1.91. The summed E-state index contributed by atoms with van der Waals surface area (Å²) in [6, 6.07) is 0. The van der Waals surface area contributed by atoms with Gasteiger partial charge >= 0.3 is 0 Å². The van der Waals surface area contributed by atoms with Gasteiger partial charge in [-0.1, -0.05) is 6.08 Å². The predicted octanol–water partition coefficient (Wildman–Crippen LogP) is 1.67. The van der Waals surface area contributed by atoms with E-state index < -0.39 is 0 Å². The number of hydrogen-bond donors (Lipinski definition) is 0. The van der Waals surface area contributed by atoms with Crippen molar-refractivity contribution < 1.29 is 0 Å². The van der Waals surface area contributed by atoms with Crippen LogP contribution in [0.4, 0.5) is 0 Å². The molecular weight excluding hydrogens is 148 g/mol. The summed E-state index contributed by atoms with van der Waals surface area (Å²) in [5, 5.41) is 0. The molecule has 2 nitrogen and oxygen atoms in total. The highest BCUT2D eigenvalue weighted by Crippen LogP contribution is 1.98. The molecule has 0 aromatic carbocycles. The van der Waals surface area contributed by atoms with Gasteiger partial charge in [0, 0.05) is 12.9 Å². The van der Waals surface area contributed by atoms with Crippen LogP contribution in [-0.2, 0) is 7.05 Å². The molecule has 0 saturated heterocycles. The van der Waals surface area contributed by atoms with Crippen molar-refractivity contribution in [1.29, 1.82) is 0 Å². The van der Waals surface area contributed by atoms with E-state index in [2.05, 4.69) is 4.98 Å². The van der Waals surface area contributed by atoms with Gasteiger partial charge < -0.3 is 4.57 Å². The van der Waals surface area contributed by atoms with E-state index in [1.807, 2.05) is 23.8 Å². The first-order chi connectivity index (χ1) is 4.84. The standard InChI is InChI=1S/C7H9ClN2/c1-10-6-9-5-7(10)3-2-4-8/h2-3,5-6H,4H2,1H3. The molecule has 10 heavy (non-hydrogen) atoms. The SMILES string of the molecule is Cn1cncc1C=CCCl. The van der Waals surface area contributed by atoms with Gasteiger partial charge in [-0.2, -0.15) is 0 Å². The highest BCUT2D eigenvalue weighted by Gasteiger charge is 1.89. The van der Waals surface area contributed by atoms with E-state index in [0.29, 0.717) is 5.88 Å². The predicted molar refractivity (Wildman–Crippen MR) is 43.0 cm³/mol. The summed E-state index contributed by atoms with van der Waals surface area (Å²) >= 11 is 5.45. The summed E-state index contributed by atoms with van der Waals surface area (Å²) in [6.07, 6.45) is 7.38. The normalized spacial score (nSPS) is 11.0. The Morgan fingerprint density at radius 3 is 3.10 bits per heavy atom. The van der Waals surface area contributed by atoms with Crippen molar-refractivity contribution in [2.75, 3.05) is 5.88 Å². The number of hydrogen-bond acceptors (Lipinski definition) is 1. The number of alkyl halides is 1. The first kappa shape index (κ1) is 7.35. The van der Waals surface area contributed by atoms with Crippen LogP contribution in [0.1, 0.15) is 5.69 Å². The molecule has 0 saturated carbocycles. The van der Waals surface area contributed by atoms with E-state index in [4.69, 9.17) is 11.6 Å². The van der Waals surface area contributed by atoms with Crippen LogP contribution >= 0.6 is 11.6 Å². The molecule has 0 N–H and O–H groups in total. The number of imidazole rings is 1. The first-order valence-electron chi connectivity index (χ1n) is 3.03. The van der Waals surface area contributed by atoms with Crippen molar-refractivity contribution in [2.45, 2.75) is 0 Å². The molecule has 0 fully saturated rings. The van der Waals surface area contributed by atoms with Crippen molar-refractivity contribution in [2.24, 2.45) is 7.05 Å². The Morgan fingerprint density at radius 2 is 2.60 bits per heavy atom. The van der Waals surface area contributed by atoms with Gasteiger partial charge in [-0.05, 0) is 6.08 Å². The summed E-state index contributed by atoms with van der Waals surface area (Å²) in [5.74, 6) is 0.547. The number of aryl methyl sites for hydroxylation is 1. The van der Waals surface area contributed by atoms with Crippen molar-refractivity contribution in [3.63, 3.8) is 0 Å². The van der Waals surface area contributed by atoms with Gasteiger partial charge in [0.25, 0.3) is 0 Å². The van der Waals surface area contributed by atoms with E-state index >= 15 is 0 Å². The molecule has 54 valence electrons. The van der Waals surface area contributed by atoms with Crippen LogP contribution in [0.5, 0.6) is 0 Å². The molecule has 0 aliphatic heterocycles. The van der Waals surface area contributed by atoms with Crippen LogP contribution in [0.3, 0.4) is 0 Å². The molecule has 0 radical (unpaired) electrons. The first-order valence-corrected chi connectivity index (χ1v) is 3.57. The molecular formula is C7H9ClN2. The van der Waals surface area contributed by atoms with Gasteiger partial charge in [0.2, 0.25) is 0 Å². The third kappa shape index (κ3) is 1.61. The minimum absolute atomic E-state index is 0.547. The van der Waals surface area contributed by atoms with Crippen LogP contribution in [-0.4, -0.2) is 15.4 Å². The molecule has 3 heteroatoms. The van der Waals surface area contributed by atoms with Gasteiger partial charge in [0.05, 0.1) is 18.2 Å². The lowest BCUT2D eigenvalue weighted by molar-refractivity contribution is 0.902. The maximum atomic E-state index is 5.45. The Labute approximate surface area is 65.1 Å². The van der Waals surface area contributed by atoms with Gasteiger partial charge in [-0.3, -0.25) is 0 Å². The fourth-order valence-corrected chi connectivity index (χ4v) is 0.782. The van der Waals surface area contributed by atoms with E-state index in [-0.39, 0.29) is 0 Å². The van der Waals surface area contributed by atoms with Crippen molar-refractivity contribution in [3.8, 4) is 0 Å². The van der Waals surface area contributed by atoms with E-state index in [1.54, 1.807) is 12.5 Å². The van der Waals surface area contributed by atoms with Crippen LogP contribution in [0.25, 0.3) is 6.08 Å². The maximum Gasteiger partial charge on any atom is 0.0948 e. The molecule has 1 aromatic heterocycles. The molecule has 0 spiro atoms. The van der Waals surface area contributed by atoms with E-state index in [9.17, 15) is 0 Å². The summed E-state index contributed by atoms with van der Waals surface area (Å²) in [4.78, 5) is 3.94. The third-order valence-electron chi connectivity index (χ3n) is 1.23. The fourth-order valence-electron chi connectivity index (χ4n) is 0.693. The maximum absolute atomic E-state index is 5.45. The number of halogens is 1. The van der Waals surface area contributed by atoms with E-state index in [0.717, 1.165) is 5.69 Å². The van der Waals surface area contributed by atoms with Gasteiger partial charge in [-0.15, -0.1) is 11.6 Å². The minimum Gasteiger partial charge on any atom is -0.334 e. The summed E-state index contributed by atoms with van der Waals surface area (Å²) in [6.45, 7) is 0. The average Bonchev–Trinajstić information content (AvgIpc) is 2.31. The number of rotatable bonds is 2. The Hall–Kier alpha value is -0.760. The lowest BCUT2D eigenvalue weighted by atomic mass is 10.4. The largest absolute Gasteiger partial charge is 0.334 e. The zero-order valence-electron chi connectivity index (χ0n) is 5.79. The number of allylic oxidation sites excluding steroid dienone is 1. The van der Waals surface area contributed by atoms with Gasteiger partial charge in [-0.25, -0.2) is 4.98 Å².